The summed E-state index contributed by atoms with van der Waals surface area (Å²) in [6.45, 7) is 14.0. The number of hydrogen-bond acceptors (Lipinski definition) is 4. The lowest BCUT2D eigenvalue weighted by Crippen LogP contribution is -2.41. The van der Waals surface area contributed by atoms with Crippen molar-refractivity contribution in [2.75, 3.05) is 0 Å². The monoisotopic (exact) mass is 411 g/mol. The molecule has 1 N–H and O–H groups in total. The molecule has 0 aromatic heterocycles. The summed E-state index contributed by atoms with van der Waals surface area (Å²) in [7, 11) is -0.432. The number of carbonyl (C=O) groups is 1. The molecule has 138 valence electrons. The summed E-state index contributed by atoms with van der Waals surface area (Å²) in [5.41, 5.74) is 0.548. The van der Waals surface area contributed by atoms with Crippen molar-refractivity contribution in [1.82, 2.24) is 5.32 Å². The van der Waals surface area contributed by atoms with Crippen LogP contribution >= 0.6 is 15.9 Å². The van der Waals surface area contributed by atoms with Crippen LogP contribution in [0.15, 0.2) is 22.7 Å². The van der Waals surface area contributed by atoms with Gasteiger partial charge in [0.05, 0.1) is 11.2 Å². The minimum Gasteiger partial charge on any atom is -0.444 e. The second kappa shape index (κ2) is 6.93. The Kier molecular flexibility index (Phi) is 5.62. The SMILES string of the molecule is CC(C)(C)OC(=O)NCc1cc(B2OC(C)(C)C(C)(C)O2)ccc1Br. The van der Waals surface area contributed by atoms with Gasteiger partial charge in [0.15, 0.2) is 0 Å². The number of rotatable bonds is 3. The van der Waals surface area contributed by atoms with Crippen LogP contribution < -0.4 is 10.8 Å². The van der Waals surface area contributed by atoms with Gasteiger partial charge in [-0.25, -0.2) is 4.79 Å². The molecule has 1 amide bonds. The van der Waals surface area contributed by atoms with Gasteiger partial charge in [-0.3, -0.25) is 0 Å². The molecule has 1 aromatic rings. The molecule has 1 aliphatic rings. The van der Waals surface area contributed by atoms with Crippen LogP contribution in [-0.4, -0.2) is 30.0 Å². The second-order valence-electron chi connectivity index (χ2n) is 8.29. The maximum absolute atomic E-state index is 11.9. The lowest BCUT2D eigenvalue weighted by Gasteiger charge is -2.32. The van der Waals surface area contributed by atoms with Gasteiger partial charge in [0.1, 0.15) is 5.60 Å². The molecule has 0 spiro atoms. The number of amides is 1. The van der Waals surface area contributed by atoms with Gasteiger partial charge in [-0.05, 0) is 65.6 Å². The summed E-state index contributed by atoms with van der Waals surface area (Å²) in [6, 6.07) is 5.87. The standard InChI is InChI=1S/C18H27BBrNO4/c1-16(2,3)23-15(22)21-11-12-10-13(8-9-14(12)20)19-24-17(4,5)18(6,7)25-19/h8-10H,11H2,1-7H3,(H,21,22). The van der Waals surface area contributed by atoms with E-state index in [1.54, 1.807) is 0 Å². The van der Waals surface area contributed by atoms with Gasteiger partial charge in [-0.15, -0.1) is 0 Å². The van der Waals surface area contributed by atoms with Gasteiger partial charge in [0.25, 0.3) is 0 Å². The third-order valence-electron chi connectivity index (χ3n) is 4.42. The number of nitrogens with one attached hydrogen (secondary N) is 1. The van der Waals surface area contributed by atoms with Crippen molar-refractivity contribution in [3.05, 3.63) is 28.2 Å². The van der Waals surface area contributed by atoms with Crippen LogP contribution in [0.3, 0.4) is 0 Å². The van der Waals surface area contributed by atoms with Crippen molar-refractivity contribution < 1.29 is 18.8 Å². The lowest BCUT2D eigenvalue weighted by atomic mass is 9.78. The Morgan fingerprint density at radius 2 is 1.76 bits per heavy atom. The maximum Gasteiger partial charge on any atom is 0.494 e. The van der Waals surface area contributed by atoms with Crippen LogP contribution in [-0.2, 0) is 20.6 Å². The van der Waals surface area contributed by atoms with E-state index < -0.39 is 18.8 Å². The quantitative estimate of drug-likeness (QED) is 0.769. The van der Waals surface area contributed by atoms with Gasteiger partial charge in [0, 0.05) is 11.0 Å². The fraction of sp³-hybridized carbons (Fsp3) is 0.611. The Morgan fingerprint density at radius 3 is 2.28 bits per heavy atom. The zero-order valence-corrected chi connectivity index (χ0v) is 17.6. The van der Waals surface area contributed by atoms with Gasteiger partial charge in [-0.1, -0.05) is 28.1 Å². The third-order valence-corrected chi connectivity index (χ3v) is 5.19. The Hall–Kier alpha value is -1.05. The topological polar surface area (TPSA) is 56.8 Å². The van der Waals surface area contributed by atoms with E-state index in [9.17, 15) is 4.79 Å². The van der Waals surface area contributed by atoms with E-state index in [1.165, 1.54) is 0 Å². The number of halogens is 1. The molecule has 1 fully saturated rings. The molecule has 0 radical (unpaired) electrons. The van der Waals surface area contributed by atoms with Gasteiger partial charge in [0.2, 0.25) is 0 Å². The molecular formula is C18H27BBrNO4. The van der Waals surface area contributed by atoms with Gasteiger partial charge < -0.3 is 19.4 Å². The minimum absolute atomic E-state index is 0.350. The second-order valence-corrected chi connectivity index (χ2v) is 9.15. The predicted molar refractivity (Wildman–Crippen MR) is 103 cm³/mol. The molecule has 5 nitrogen and oxygen atoms in total. The first-order valence-electron chi connectivity index (χ1n) is 8.41. The first-order valence-corrected chi connectivity index (χ1v) is 9.21. The molecule has 1 aliphatic heterocycles. The highest BCUT2D eigenvalue weighted by Crippen LogP contribution is 2.36. The molecule has 0 saturated carbocycles. The van der Waals surface area contributed by atoms with Crippen LogP contribution in [0.2, 0.25) is 0 Å². The van der Waals surface area contributed by atoms with E-state index in [1.807, 2.05) is 66.7 Å². The normalized spacial score (nSPS) is 19.0. The fourth-order valence-corrected chi connectivity index (χ4v) is 2.72. The highest BCUT2D eigenvalue weighted by atomic mass is 79.9. The van der Waals surface area contributed by atoms with Crippen molar-refractivity contribution >= 4 is 34.6 Å². The third kappa shape index (κ3) is 4.99. The number of alkyl carbamates (subject to hydrolysis) is 1. The molecule has 1 heterocycles. The molecule has 1 saturated heterocycles. The van der Waals surface area contributed by atoms with Crippen LogP contribution in [0.1, 0.15) is 54.0 Å². The average Bonchev–Trinajstić information content (AvgIpc) is 2.64. The minimum atomic E-state index is -0.522. The van der Waals surface area contributed by atoms with Crippen molar-refractivity contribution in [2.24, 2.45) is 0 Å². The molecule has 2 rings (SSSR count). The predicted octanol–water partition coefficient (Wildman–Crippen LogP) is 3.77. The van der Waals surface area contributed by atoms with E-state index in [4.69, 9.17) is 14.0 Å². The zero-order valence-electron chi connectivity index (χ0n) is 16.0. The van der Waals surface area contributed by atoms with Crippen LogP contribution in [0.5, 0.6) is 0 Å². The molecule has 7 heteroatoms. The largest absolute Gasteiger partial charge is 0.494 e. The molecule has 1 aromatic carbocycles. The van der Waals surface area contributed by atoms with Crippen LogP contribution in [0.25, 0.3) is 0 Å². The summed E-state index contributed by atoms with van der Waals surface area (Å²) in [4.78, 5) is 11.9. The Balaban J connectivity index is 2.10. The van der Waals surface area contributed by atoms with E-state index in [0.717, 1.165) is 15.5 Å². The van der Waals surface area contributed by atoms with Crippen LogP contribution in [0, 0.1) is 0 Å². The Morgan fingerprint density at radius 1 is 1.20 bits per heavy atom. The number of hydrogen-bond donors (Lipinski definition) is 1. The van der Waals surface area contributed by atoms with Gasteiger partial charge >= 0.3 is 13.2 Å². The molecule has 0 aliphatic carbocycles. The molecular weight excluding hydrogens is 385 g/mol. The lowest BCUT2D eigenvalue weighted by molar-refractivity contribution is 0.00578. The molecule has 0 atom stereocenters. The number of benzene rings is 1. The first-order chi connectivity index (χ1) is 11.3. The highest BCUT2D eigenvalue weighted by Gasteiger charge is 2.51. The van der Waals surface area contributed by atoms with Crippen LogP contribution in [0.4, 0.5) is 4.79 Å². The smallest absolute Gasteiger partial charge is 0.444 e. The van der Waals surface area contributed by atoms with E-state index >= 15 is 0 Å². The van der Waals surface area contributed by atoms with E-state index in [0.29, 0.717) is 6.54 Å². The first kappa shape index (κ1) is 20.3. The Labute approximate surface area is 159 Å². The summed E-state index contributed by atoms with van der Waals surface area (Å²) >= 11 is 3.52. The summed E-state index contributed by atoms with van der Waals surface area (Å²) in [5, 5.41) is 2.77. The number of carbonyl (C=O) groups excluding carboxylic acids is 1. The van der Waals surface area contributed by atoms with Crippen molar-refractivity contribution in [3.8, 4) is 0 Å². The molecule has 25 heavy (non-hydrogen) atoms. The van der Waals surface area contributed by atoms with Crippen molar-refractivity contribution in [3.63, 3.8) is 0 Å². The summed E-state index contributed by atoms with van der Waals surface area (Å²) < 4.78 is 18.3. The van der Waals surface area contributed by atoms with Crippen molar-refractivity contribution in [1.29, 1.82) is 0 Å². The zero-order chi connectivity index (χ0) is 19.0. The summed E-state index contributed by atoms with van der Waals surface area (Å²) in [6.07, 6.45) is -0.444. The Bertz CT molecular complexity index is 639. The fourth-order valence-electron chi connectivity index (χ4n) is 2.34. The van der Waals surface area contributed by atoms with Gasteiger partial charge in [-0.2, -0.15) is 0 Å². The molecule has 0 unspecified atom stereocenters. The van der Waals surface area contributed by atoms with E-state index in [2.05, 4.69) is 21.2 Å². The summed E-state index contributed by atoms with van der Waals surface area (Å²) in [5.74, 6) is 0. The van der Waals surface area contributed by atoms with Crippen molar-refractivity contribution in [2.45, 2.75) is 71.8 Å². The number of ether oxygens (including phenoxy) is 1. The molecule has 0 bridgehead atoms. The highest BCUT2D eigenvalue weighted by molar-refractivity contribution is 9.10. The average molecular weight is 412 g/mol. The van der Waals surface area contributed by atoms with E-state index in [-0.39, 0.29) is 11.2 Å². The maximum atomic E-state index is 11.9.